The third-order valence-electron chi connectivity index (χ3n) is 3.68. The Balaban J connectivity index is 2.31. The van der Waals surface area contributed by atoms with Gasteiger partial charge in [-0.15, -0.1) is 0 Å². The highest BCUT2D eigenvalue weighted by atomic mass is 16.5. The van der Waals surface area contributed by atoms with E-state index in [0.29, 0.717) is 6.04 Å². The summed E-state index contributed by atoms with van der Waals surface area (Å²) in [6.45, 7) is 9.92. The van der Waals surface area contributed by atoms with Gasteiger partial charge in [0, 0.05) is 19.1 Å². The van der Waals surface area contributed by atoms with E-state index in [-0.39, 0.29) is 0 Å². The van der Waals surface area contributed by atoms with Gasteiger partial charge in [0.1, 0.15) is 5.75 Å². The SMILES string of the molecule is COc1ccc(CN(C)C(C)CNCCC(C)C)cc1. The maximum absolute atomic E-state index is 5.18. The number of nitrogens with one attached hydrogen (secondary N) is 1. The number of hydrogen-bond donors (Lipinski definition) is 1. The molecule has 0 fully saturated rings. The first-order valence-corrected chi connectivity index (χ1v) is 7.56. The standard InChI is InChI=1S/C17H30N2O/c1-14(2)10-11-18-12-15(3)19(4)13-16-6-8-17(20-5)9-7-16/h6-9,14-15,18H,10-13H2,1-5H3. The summed E-state index contributed by atoms with van der Waals surface area (Å²) in [5, 5.41) is 3.54. The average molecular weight is 278 g/mol. The van der Waals surface area contributed by atoms with Crippen molar-refractivity contribution in [3.05, 3.63) is 29.8 Å². The highest BCUT2D eigenvalue weighted by molar-refractivity contribution is 5.27. The average Bonchev–Trinajstić information content (AvgIpc) is 2.44. The molecule has 20 heavy (non-hydrogen) atoms. The first-order valence-electron chi connectivity index (χ1n) is 7.56. The van der Waals surface area contributed by atoms with Gasteiger partial charge in [0.15, 0.2) is 0 Å². The largest absolute Gasteiger partial charge is 0.497 e. The van der Waals surface area contributed by atoms with Crippen molar-refractivity contribution in [3.8, 4) is 5.75 Å². The first-order chi connectivity index (χ1) is 9.52. The molecule has 3 nitrogen and oxygen atoms in total. The van der Waals surface area contributed by atoms with Crippen LogP contribution in [0.15, 0.2) is 24.3 Å². The lowest BCUT2D eigenvalue weighted by Gasteiger charge is -2.25. The van der Waals surface area contributed by atoms with E-state index in [1.165, 1.54) is 12.0 Å². The number of ether oxygens (including phenoxy) is 1. The highest BCUT2D eigenvalue weighted by Gasteiger charge is 2.09. The second-order valence-corrected chi connectivity index (χ2v) is 6.00. The van der Waals surface area contributed by atoms with E-state index in [1.54, 1.807) is 7.11 Å². The van der Waals surface area contributed by atoms with Crippen LogP contribution in [0.5, 0.6) is 5.75 Å². The molecule has 1 rings (SSSR count). The second-order valence-electron chi connectivity index (χ2n) is 6.00. The van der Waals surface area contributed by atoms with Gasteiger partial charge < -0.3 is 10.1 Å². The van der Waals surface area contributed by atoms with E-state index in [1.807, 2.05) is 12.1 Å². The third-order valence-corrected chi connectivity index (χ3v) is 3.68. The maximum Gasteiger partial charge on any atom is 0.118 e. The summed E-state index contributed by atoms with van der Waals surface area (Å²) in [4.78, 5) is 2.38. The molecule has 1 atom stereocenters. The number of benzene rings is 1. The number of methoxy groups -OCH3 is 1. The number of hydrogen-bond acceptors (Lipinski definition) is 3. The predicted molar refractivity (Wildman–Crippen MR) is 86.2 cm³/mol. The Labute approximate surface area is 124 Å². The Morgan fingerprint density at radius 1 is 1.15 bits per heavy atom. The zero-order valence-corrected chi connectivity index (χ0v) is 13.6. The molecule has 0 aliphatic carbocycles. The van der Waals surface area contributed by atoms with Crippen LogP contribution in [0.25, 0.3) is 0 Å². The van der Waals surface area contributed by atoms with Crippen LogP contribution in [-0.4, -0.2) is 38.2 Å². The minimum Gasteiger partial charge on any atom is -0.497 e. The van der Waals surface area contributed by atoms with Crippen LogP contribution < -0.4 is 10.1 Å². The molecular weight excluding hydrogens is 248 g/mol. The van der Waals surface area contributed by atoms with Crippen molar-refractivity contribution in [2.45, 2.75) is 39.8 Å². The summed E-state index contributed by atoms with van der Waals surface area (Å²) < 4.78 is 5.18. The molecule has 0 heterocycles. The second kappa shape index (κ2) is 8.98. The Bertz CT molecular complexity index is 362. The lowest BCUT2D eigenvalue weighted by atomic mass is 10.1. The van der Waals surface area contributed by atoms with Crippen molar-refractivity contribution in [2.75, 3.05) is 27.2 Å². The van der Waals surface area contributed by atoms with E-state index < -0.39 is 0 Å². The van der Waals surface area contributed by atoms with Gasteiger partial charge in [-0.1, -0.05) is 26.0 Å². The molecule has 0 bridgehead atoms. The molecule has 0 aromatic heterocycles. The normalized spacial score (nSPS) is 12.9. The van der Waals surface area contributed by atoms with Crippen molar-refractivity contribution < 1.29 is 4.74 Å². The lowest BCUT2D eigenvalue weighted by molar-refractivity contribution is 0.242. The fourth-order valence-corrected chi connectivity index (χ4v) is 2.03. The third kappa shape index (κ3) is 6.40. The Morgan fingerprint density at radius 3 is 2.35 bits per heavy atom. The summed E-state index contributed by atoms with van der Waals surface area (Å²) in [7, 11) is 3.88. The number of nitrogens with zero attached hydrogens (tertiary/aromatic N) is 1. The minimum absolute atomic E-state index is 0.532. The predicted octanol–water partition coefficient (Wildman–Crippen LogP) is 3.15. The Morgan fingerprint density at radius 2 is 1.80 bits per heavy atom. The fraction of sp³-hybridized carbons (Fsp3) is 0.647. The quantitative estimate of drug-likeness (QED) is 0.702. The minimum atomic E-state index is 0.532. The zero-order chi connectivity index (χ0) is 15.0. The maximum atomic E-state index is 5.18. The van der Waals surface area contributed by atoms with Gasteiger partial charge in [-0.05, 0) is 50.6 Å². The molecule has 1 unspecified atom stereocenters. The molecule has 1 aromatic carbocycles. The molecule has 0 saturated heterocycles. The van der Waals surface area contributed by atoms with Gasteiger partial charge in [0.25, 0.3) is 0 Å². The van der Waals surface area contributed by atoms with Crippen LogP contribution in [0.4, 0.5) is 0 Å². The van der Waals surface area contributed by atoms with Crippen molar-refractivity contribution in [2.24, 2.45) is 5.92 Å². The van der Waals surface area contributed by atoms with E-state index in [9.17, 15) is 0 Å². The number of likely N-dealkylation sites (N-methyl/N-ethyl adjacent to an activating group) is 1. The summed E-state index contributed by atoms with van der Waals surface area (Å²) >= 11 is 0. The van der Waals surface area contributed by atoms with E-state index >= 15 is 0 Å². The van der Waals surface area contributed by atoms with Crippen LogP contribution in [0, 0.1) is 5.92 Å². The van der Waals surface area contributed by atoms with Gasteiger partial charge in [-0.25, -0.2) is 0 Å². The first kappa shape index (κ1) is 17.0. The smallest absolute Gasteiger partial charge is 0.118 e. The van der Waals surface area contributed by atoms with Crippen LogP contribution >= 0.6 is 0 Å². The summed E-state index contributed by atoms with van der Waals surface area (Å²) in [6.07, 6.45) is 1.24. The van der Waals surface area contributed by atoms with Gasteiger partial charge in [0.2, 0.25) is 0 Å². The van der Waals surface area contributed by atoms with Gasteiger partial charge in [-0.3, -0.25) is 4.90 Å². The summed E-state index contributed by atoms with van der Waals surface area (Å²) in [5.74, 6) is 1.69. The molecule has 0 aliphatic rings. The molecule has 3 heteroatoms. The molecule has 0 amide bonds. The molecule has 0 radical (unpaired) electrons. The van der Waals surface area contributed by atoms with Crippen LogP contribution in [0.1, 0.15) is 32.8 Å². The Hall–Kier alpha value is -1.06. The molecule has 0 aliphatic heterocycles. The highest BCUT2D eigenvalue weighted by Crippen LogP contribution is 2.13. The van der Waals surface area contributed by atoms with Gasteiger partial charge in [-0.2, -0.15) is 0 Å². The van der Waals surface area contributed by atoms with Gasteiger partial charge in [0.05, 0.1) is 7.11 Å². The van der Waals surface area contributed by atoms with Crippen LogP contribution in [0.3, 0.4) is 0 Å². The van der Waals surface area contributed by atoms with E-state index in [0.717, 1.165) is 31.3 Å². The summed E-state index contributed by atoms with van der Waals surface area (Å²) in [6, 6.07) is 8.84. The van der Waals surface area contributed by atoms with Crippen molar-refractivity contribution in [1.82, 2.24) is 10.2 Å². The lowest BCUT2D eigenvalue weighted by Crippen LogP contribution is -2.38. The van der Waals surface area contributed by atoms with Crippen molar-refractivity contribution in [1.29, 1.82) is 0 Å². The molecule has 0 spiro atoms. The molecular formula is C17H30N2O. The molecule has 0 saturated carbocycles. The zero-order valence-electron chi connectivity index (χ0n) is 13.6. The molecule has 1 N–H and O–H groups in total. The van der Waals surface area contributed by atoms with Crippen molar-refractivity contribution >= 4 is 0 Å². The van der Waals surface area contributed by atoms with Gasteiger partial charge >= 0.3 is 0 Å². The van der Waals surface area contributed by atoms with E-state index in [2.05, 4.69) is 50.2 Å². The van der Waals surface area contributed by atoms with Crippen LogP contribution in [0.2, 0.25) is 0 Å². The monoisotopic (exact) mass is 278 g/mol. The summed E-state index contributed by atoms with van der Waals surface area (Å²) in [5.41, 5.74) is 1.32. The van der Waals surface area contributed by atoms with Crippen LogP contribution in [-0.2, 0) is 6.54 Å². The number of rotatable bonds is 9. The molecule has 114 valence electrons. The fourth-order valence-electron chi connectivity index (χ4n) is 2.03. The van der Waals surface area contributed by atoms with E-state index in [4.69, 9.17) is 4.74 Å². The topological polar surface area (TPSA) is 24.5 Å². The Kier molecular flexibility index (Phi) is 7.63. The molecule has 1 aromatic rings. The van der Waals surface area contributed by atoms with Crippen molar-refractivity contribution in [3.63, 3.8) is 0 Å².